The Bertz CT molecular complexity index is 518. The van der Waals surface area contributed by atoms with Gasteiger partial charge in [-0.1, -0.05) is 18.6 Å². The van der Waals surface area contributed by atoms with Crippen molar-refractivity contribution in [3.8, 4) is 0 Å². The van der Waals surface area contributed by atoms with Gasteiger partial charge >= 0.3 is 0 Å². The molecule has 1 aliphatic carbocycles. The molecule has 0 aromatic heterocycles. The predicted octanol–water partition coefficient (Wildman–Crippen LogP) is 1.89. The van der Waals surface area contributed by atoms with Gasteiger partial charge in [-0.3, -0.25) is 0 Å². The van der Waals surface area contributed by atoms with Gasteiger partial charge in [-0.15, -0.1) is 0 Å². The first kappa shape index (κ1) is 14.0. The highest BCUT2D eigenvalue weighted by Gasteiger charge is 2.31. The van der Waals surface area contributed by atoms with Crippen LogP contribution in [0.4, 0.5) is 0 Å². The first-order valence-corrected chi connectivity index (χ1v) is 8.20. The fourth-order valence-electron chi connectivity index (χ4n) is 2.34. The summed E-state index contributed by atoms with van der Waals surface area (Å²) in [4.78, 5) is 0.244. The van der Waals surface area contributed by atoms with Gasteiger partial charge in [-0.25, -0.2) is 13.1 Å². The average Bonchev–Trinajstić information content (AvgIpc) is 2.76. The van der Waals surface area contributed by atoms with Crippen molar-refractivity contribution in [1.82, 2.24) is 4.72 Å². The molecule has 2 rings (SSSR count). The molecule has 0 radical (unpaired) electrons. The molecular formula is C12H16BrNO3S. The maximum Gasteiger partial charge on any atom is 0.241 e. The minimum atomic E-state index is -3.53. The number of halogens is 1. The van der Waals surface area contributed by atoms with Crippen molar-refractivity contribution >= 4 is 26.0 Å². The molecule has 1 saturated carbocycles. The quantitative estimate of drug-likeness (QED) is 0.884. The lowest BCUT2D eigenvalue weighted by Gasteiger charge is -2.19. The maximum absolute atomic E-state index is 12.2. The van der Waals surface area contributed by atoms with Crippen LogP contribution in [0.15, 0.2) is 33.6 Å². The third-order valence-electron chi connectivity index (χ3n) is 3.33. The summed E-state index contributed by atoms with van der Waals surface area (Å²) in [6.07, 6.45) is 2.61. The summed E-state index contributed by atoms with van der Waals surface area (Å²) in [5.41, 5.74) is 0. The maximum atomic E-state index is 12.2. The van der Waals surface area contributed by atoms with Crippen molar-refractivity contribution in [2.24, 2.45) is 5.92 Å². The van der Waals surface area contributed by atoms with Crippen molar-refractivity contribution in [2.75, 3.05) is 6.61 Å². The summed E-state index contributed by atoms with van der Waals surface area (Å²) >= 11 is 3.25. The summed E-state index contributed by atoms with van der Waals surface area (Å²) in [6, 6.07) is 6.57. The van der Waals surface area contributed by atoms with Gasteiger partial charge in [0.1, 0.15) is 0 Å². The molecule has 0 heterocycles. The van der Waals surface area contributed by atoms with Gasteiger partial charge in [0, 0.05) is 17.1 Å². The summed E-state index contributed by atoms with van der Waals surface area (Å²) < 4.78 is 27.7. The summed E-state index contributed by atoms with van der Waals surface area (Å²) in [7, 11) is -3.53. The van der Waals surface area contributed by atoms with E-state index in [9.17, 15) is 13.5 Å². The second-order valence-electron chi connectivity index (χ2n) is 4.53. The monoisotopic (exact) mass is 333 g/mol. The number of rotatable bonds is 4. The Balaban J connectivity index is 2.20. The normalized spacial score (nSPS) is 24.3. The topological polar surface area (TPSA) is 66.4 Å². The van der Waals surface area contributed by atoms with E-state index in [-0.39, 0.29) is 23.5 Å². The fourth-order valence-corrected chi connectivity index (χ4v) is 4.68. The van der Waals surface area contributed by atoms with Gasteiger partial charge in [0.15, 0.2) is 0 Å². The first-order chi connectivity index (χ1) is 8.54. The summed E-state index contributed by atoms with van der Waals surface area (Å²) in [6.45, 7) is 0.0309. The lowest BCUT2D eigenvalue weighted by molar-refractivity contribution is 0.213. The van der Waals surface area contributed by atoms with Gasteiger partial charge in [0.25, 0.3) is 0 Å². The number of aliphatic hydroxyl groups excluding tert-OH is 1. The Morgan fingerprint density at radius 3 is 2.72 bits per heavy atom. The third-order valence-corrected chi connectivity index (χ3v) is 5.83. The van der Waals surface area contributed by atoms with Gasteiger partial charge in [-0.05, 0) is 46.8 Å². The Labute approximate surface area is 116 Å². The highest BCUT2D eigenvalue weighted by molar-refractivity contribution is 9.10. The molecule has 0 amide bonds. The minimum absolute atomic E-state index is 0.0299. The van der Waals surface area contributed by atoms with E-state index in [0.29, 0.717) is 4.47 Å². The number of aliphatic hydroxyl groups is 1. The molecule has 0 spiro atoms. The van der Waals surface area contributed by atoms with Crippen LogP contribution in [0.3, 0.4) is 0 Å². The molecule has 0 aliphatic heterocycles. The molecule has 100 valence electrons. The summed E-state index contributed by atoms with van der Waals surface area (Å²) in [5, 5.41) is 9.21. The van der Waals surface area contributed by atoms with Crippen molar-refractivity contribution in [1.29, 1.82) is 0 Å². The van der Waals surface area contributed by atoms with Gasteiger partial charge in [0.2, 0.25) is 10.0 Å². The van der Waals surface area contributed by atoms with Crippen molar-refractivity contribution < 1.29 is 13.5 Å². The Kier molecular flexibility index (Phi) is 4.42. The van der Waals surface area contributed by atoms with Gasteiger partial charge < -0.3 is 5.11 Å². The molecule has 1 aromatic carbocycles. The van der Waals surface area contributed by atoms with E-state index in [1.807, 2.05) is 0 Å². The van der Waals surface area contributed by atoms with E-state index in [1.165, 1.54) is 0 Å². The smallest absolute Gasteiger partial charge is 0.241 e. The molecule has 2 N–H and O–H groups in total. The number of hydrogen-bond donors (Lipinski definition) is 2. The molecular weight excluding hydrogens is 318 g/mol. The van der Waals surface area contributed by atoms with E-state index in [0.717, 1.165) is 19.3 Å². The van der Waals surface area contributed by atoms with E-state index >= 15 is 0 Å². The second kappa shape index (κ2) is 5.69. The SMILES string of the molecule is O=S(=O)(NC1CCCC1CO)c1ccccc1Br. The molecule has 4 nitrogen and oxygen atoms in total. The molecule has 2 atom stereocenters. The summed E-state index contributed by atoms with van der Waals surface area (Å²) in [5.74, 6) is 0.0299. The second-order valence-corrected chi connectivity index (χ2v) is 7.07. The molecule has 2 unspecified atom stereocenters. The van der Waals surface area contributed by atoms with Crippen molar-refractivity contribution in [2.45, 2.75) is 30.2 Å². The van der Waals surface area contributed by atoms with Crippen LogP contribution >= 0.6 is 15.9 Å². The largest absolute Gasteiger partial charge is 0.396 e. The zero-order chi connectivity index (χ0) is 13.2. The lowest BCUT2D eigenvalue weighted by atomic mass is 10.1. The number of benzene rings is 1. The Morgan fingerprint density at radius 2 is 2.06 bits per heavy atom. The van der Waals surface area contributed by atoms with Crippen LogP contribution in [0, 0.1) is 5.92 Å². The standard InChI is InChI=1S/C12H16BrNO3S/c13-10-5-1-2-7-12(10)18(16,17)14-11-6-3-4-9(11)8-15/h1-2,5,7,9,11,14-15H,3-4,6,8H2. The number of hydrogen-bond acceptors (Lipinski definition) is 3. The molecule has 1 fully saturated rings. The Morgan fingerprint density at radius 1 is 1.33 bits per heavy atom. The highest BCUT2D eigenvalue weighted by atomic mass is 79.9. The lowest BCUT2D eigenvalue weighted by Crippen LogP contribution is -2.38. The van der Waals surface area contributed by atoms with Crippen LogP contribution in [0.5, 0.6) is 0 Å². The number of nitrogens with one attached hydrogen (secondary N) is 1. The van der Waals surface area contributed by atoms with Crippen LogP contribution < -0.4 is 4.72 Å². The van der Waals surface area contributed by atoms with Crippen molar-refractivity contribution in [3.63, 3.8) is 0 Å². The zero-order valence-corrected chi connectivity index (χ0v) is 12.2. The van der Waals surface area contributed by atoms with Gasteiger partial charge in [0.05, 0.1) is 4.90 Å². The molecule has 1 aromatic rings. The third kappa shape index (κ3) is 2.93. The molecule has 0 saturated heterocycles. The molecule has 6 heteroatoms. The fraction of sp³-hybridized carbons (Fsp3) is 0.500. The average molecular weight is 334 g/mol. The molecule has 1 aliphatic rings. The zero-order valence-electron chi connectivity index (χ0n) is 9.84. The number of sulfonamides is 1. The van der Waals surface area contributed by atoms with Crippen LogP contribution in [-0.4, -0.2) is 26.2 Å². The van der Waals surface area contributed by atoms with E-state index in [2.05, 4.69) is 20.7 Å². The van der Waals surface area contributed by atoms with E-state index < -0.39 is 10.0 Å². The van der Waals surface area contributed by atoms with Crippen LogP contribution in [0.2, 0.25) is 0 Å². The van der Waals surface area contributed by atoms with E-state index in [4.69, 9.17) is 0 Å². The molecule has 18 heavy (non-hydrogen) atoms. The van der Waals surface area contributed by atoms with Gasteiger partial charge in [-0.2, -0.15) is 0 Å². The predicted molar refractivity (Wildman–Crippen MR) is 72.7 cm³/mol. The van der Waals surface area contributed by atoms with E-state index in [1.54, 1.807) is 24.3 Å². The first-order valence-electron chi connectivity index (χ1n) is 5.92. The van der Waals surface area contributed by atoms with Crippen molar-refractivity contribution in [3.05, 3.63) is 28.7 Å². The van der Waals surface area contributed by atoms with Crippen LogP contribution in [-0.2, 0) is 10.0 Å². The van der Waals surface area contributed by atoms with Crippen LogP contribution in [0.25, 0.3) is 0 Å². The molecule has 0 bridgehead atoms. The highest BCUT2D eigenvalue weighted by Crippen LogP contribution is 2.28. The van der Waals surface area contributed by atoms with Crippen LogP contribution in [0.1, 0.15) is 19.3 Å². The Hall–Kier alpha value is -0.430. The minimum Gasteiger partial charge on any atom is -0.396 e.